The Morgan fingerprint density at radius 3 is 3.06 bits per heavy atom. The maximum atomic E-state index is 5.10. The number of nitrogens with zero attached hydrogens (tertiary/aromatic N) is 2. The highest BCUT2D eigenvalue weighted by molar-refractivity contribution is 7.80. The number of hydrogen-bond donors (Lipinski definition) is 2. The number of rotatable bonds is 4. The van der Waals surface area contributed by atoms with Crippen molar-refractivity contribution in [1.29, 1.82) is 0 Å². The van der Waals surface area contributed by atoms with E-state index in [1.54, 1.807) is 17.5 Å². The highest BCUT2D eigenvalue weighted by Crippen LogP contribution is 2.22. The third-order valence-corrected chi connectivity index (χ3v) is 3.46. The molecule has 2 N–H and O–H groups in total. The summed E-state index contributed by atoms with van der Waals surface area (Å²) >= 11 is 6.71. The van der Waals surface area contributed by atoms with E-state index in [0.29, 0.717) is 11.7 Å². The Kier molecular flexibility index (Phi) is 4.60. The van der Waals surface area contributed by atoms with Gasteiger partial charge in [-0.3, -0.25) is 4.98 Å². The van der Waals surface area contributed by atoms with Crippen molar-refractivity contribution >= 4 is 28.7 Å². The minimum atomic E-state index is 0.641. The van der Waals surface area contributed by atoms with Crippen molar-refractivity contribution in [2.45, 2.75) is 13.5 Å². The molecule has 0 unspecified atom stereocenters. The summed E-state index contributed by atoms with van der Waals surface area (Å²) in [5.41, 5.74) is 2.03. The first kappa shape index (κ1) is 12.9. The van der Waals surface area contributed by atoms with Crippen molar-refractivity contribution in [3.05, 3.63) is 35.6 Å². The third kappa shape index (κ3) is 3.48. The normalized spacial score (nSPS) is 10.1. The van der Waals surface area contributed by atoms with E-state index < -0.39 is 0 Å². The number of pyridine rings is 1. The van der Waals surface area contributed by atoms with Crippen molar-refractivity contribution in [2.75, 3.05) is 6.54 Å². The van der Waals surface area contributed by atoms with E-state index in [0.717, 1.165) is 22.8 Å². The first-order valence-corrected chi connectivity index (χ1v) is 6.95. The number of nitrogens with one attached hydrogen (secondary N) is 2. The quantitative estimate of drug-likeness (QED) is 0.840. The summed E-state index contributed by atoms with van der Waals surface area (Å²) in [4.78, 5) is 8.63. The molecule has 2 rings (SSSR count). The molecule has 6 heteroatoms. The molecule has 0 aliphatic carbocycles. The first-order chi connectivity index (χ1) is 8.79. The van der Waals surface area contributed by atoms with Crippen LogP contribution >= 0.6 is 23.6 Å². The molecular weight excluding hydrogens is 264 g/mol. The largest absolute Gasteiger partial charge is 0.363 e. The molecule has 94 valence electrons. The van der Waals surface area contributed by atoms with Crippen LogP contribution in [0.25, 0.3) is 10.6 Å². The molecule has 0 saturated carbocycles. The van der Waals surface area contributed by atoms with Gasteiger partial charge in [-0.2, -0.15) is 0 Å². The smallest absolute Gasteiger partial charge is 0.166 e. The minimum Gasteiger partial charge on any atom is -0.363 e. The van der Waals surface area contributed by atoms with Crippen LogP contribution in [0.5, 0.6) is 0 Å². The standard InChI is InChI=1S/C12H14N4S2/c1-2-14-12(17)15-7-10-8-18-11(16-10)9-4-3-5-13-6-9/h3-6,8H,2,7H2,1H3,(H2,14,15,17). The summed E-state index contributed by atoms with van der Waals surface area (Å²) in [6.45, 7) is 3.48. The molecule has 0 saturated heterocycles. The SMILES string of the molecule is CCNC(=S)NCc1csc(-c2cccnc2)n1. The van der Waals surface area contributed by atoms with E-state index >= 15 is 0 Å². The van der Waals surface area contributed by atoms with Gasteiger partial charge < -0.3 is 10.6 Å². The summed E-state index contributed by atoms with van der Waals surface area (Å²) in [7, 11) is 0. The van der Waals surface area contributed by atoms with Crippen LogP contribution in [0.2, 0.25) is 0 Å². The Bertz CT molecular complexity index is 510. The Morgan fingerprint density at radius 1 is 1.44 bits per heavy atom. The fourth-order valence-electron chi connectivity index (χ4n) is 1.40. The molecule has 0 radical (unpaired) electrons. The van der Waals surface area contributed by atoms with E-state index in [1.165, 1.54) is 0 Å². The Labute approximate surface area is 115 Å². The molecule has 0 amide bonds. The van der Waals surface area contributed by atoms with Gasteiger partial charge in [0.15, 0.2) is 5.11 Å². The van der Waals surface area contributed by atoms with E-state index in [9.17, 15) is 0 Å². The van der Waals surface area contributed by atoms with Crippen LogP contribution in [0.1, 0.15) is 12.6 Å². The zero-order valence-corrected chi connectivity index (χ0v) is 11.6. The van der Waals surface area contributed by atoms with Gasteiger partial charge in [-0.25, -0.2) is 4.98 Å². The van der Waals surface area contributed by atoms with Crippen LogP contribution in [0.15, 0.2) is 29.9 Å². The first-order valence-electron chi connectivity index (χ1n) is 5.66. The van der Waals surface area contributed by atoms with Crippen LogP contribution in [0, 0.1) is 0 Å². The lowest BCUT2D eigenvalue weighted by atomic mass is 10.3. The fourth-order valence-corrected chi connectivity index (χ4v) is 2.43. The Balaban J connectivity index is 1.97. The molecule has 0 spiro atoms. The second-order valence-corrected chi connectivity index (χ2v) is 4.87. The van der Waals surface area contributed by atoms with Gasteiger partial charge in [0.2, 0.25) is 0 Å². The zero-order chi connectivity index (χ0) is 12.8. The van der Waals surface area contributed by atoms with Crippen molar-refractivity contribution in [3.63, 3.8) is 0 Å². The molecule has 0 bridgehead atoms. The van der Waals surface area contributed by atoms with Gasteiger partial charge in [0.05, 0.1) is 12.2 Å². The van der Waals surface area contributed by atoms with E-state index in [4.69, 9.17) is 12.2 Å². The molecule has 18 heavy (non-hydrogen) atoms. The van der Waals surface area contributed by atoms with Crippen molar-refractivity contribution in [1.82, 2.24) is 20.6 Å². The molecule has 2 aromatic rings. The summed E-state index contributed by atoms with van der Waals surface area (Å²) < 4.78 is 0. The molecule has 0 atom stereocenters. The molecule has 0 aromatic carbocycles. The van der Waals surface area contributed by atoms with Gasteiger partial charge in [-0.05, 0) is 31.3 Å². The predicted molar refractivity (Wildman–Crippen MR) is 78.5 cm³/mol. The number of aromatic nitrogens is 2. The van der Waals surface area contributed by atoms with Crippen LogP contribution in [-0.2, 0) is 6.54 Å². The zero-order valence-electron chi connectivity index (χ0n) is 10.0. The lowest BCUT2D eigenvalue weighted by molar-refractivity contribution is 0.838. The van der Waals surface area contributed by atoms with Gasteiger partial charge in [0.25, 0.3) is 0 Å². The lowest BCUT2D eigenvalue weighted by Gasteiger charge is -2.06. The Morgan fingerprint density at radius 2 is 2.33 bits per heavy atom. The maximum Gasteiger partial charge on any atom is 0.166 e. The molecule has 2 heterocycles. The van der Waals surface area contributed by atoms with Gasteiger partial charge in [-0.1, -0.05) is 0 Å². The Hall–Kier alpha value is -1.53. The van der Waals surface area contributed by atoms with E-state index in [2.05, 4.69) is 20.6 Å². The second kappa shape index (κ2) is 6.42. The van der Waals surface area contributed by atoms with Crippen LogP contribution in [0.3, 0.4) is 0 Å². The van der Waals surface area contributed by atoms with Gasteiger partial charge in [0, 0.05) is 29.9 Å². The van der Waals surface area contributed by atoms with E-state index in [-0.39, 0.29) is 0 Å². The van der Waals surface area contributed by atoms with Gasteiger partial charge >= 0.3 is 0 Å². The minimum absolute atomic E-state index is 0.641. The highest BCUT2D eigenvalue weighted by atomic mass is 32.1. The molecule has 4 nitrogen and oxygen atoms in total. The van der Waals surface area contributed by atoms with Gasteiger partial charge in [0.1, 0.15) is 5.01 Å². The van der Waals surface area contributed by atoms with Crippen LogP contribution in [0.4, 0.5) is 0 Å². The van der Waals surface area contributed by atoms with Crippen molar-refractivity contribution in [2.24, 2.45) is 0 Å². The maximum absolute atomic E-state index is 5.10. The lowest BCUT2D eigenvalue weighted by Crippen LogP contribution is -2.34. The molecular formula is C12H14N4S2. The number of thiazole rings is 1. The summed E-state index contributed by atoms with van der Waals surface area (Å²) in [6.07, 6.45) is 3.58. The summed E-state index contributed by atoms with van der Waals surface area (Å²) in [5, 5.41) is 9.83. The number of hydrogen-bond acceptors (Lipinski definition) is 4. The highest BCUT2D eigenvalue weighted by Gasteiger charge is 2.04. The average Bonchev–Trinajstić information content (AvgIpc) is 2.87. The van der Waals surface area contributed by atoms with Crippen LogP contribution in [-0.4, -0.2) is 21.6 Å². The van der Waals surface area contributed by atoms with E-state index in [1.807, 2.05) is 30.6 Å². The molecule has 0 aliphatic heterocycles. The second-order valence-electron chi connectivity index (χ2n) is 3.60. The fraction of sp³-hybridized carbons (Fsp3) is 0.250. The van der Waals surface area contributed by atoms with Crippen LogP contribution < -0.4 is 10.6 Å². The number of thiocarbonyl (C=S) groups is 1. The third-order valence-electron chi connectivity index (χ3n) is 2.23. The molecule has 0 fully saturated rings. The predicted octanol–water partition coefficient (Wildman–Crippen LogP) is 2.19. The van der Waals surface area contributed by atoms with Crippen molar-refractivity contribution < 1.29 is 0 Å². The summed E-state index contributed by atoms with van der Waals surface area (Å²) in [5.74, 6) is 0. The average molecular weight is 278 g/mol. The molecule has 0 aliphatic rings. The molecule has 2 aromatic heterocycles. The monoisotopic (exact) mass is 278 g/mol. The van der Waals surface area contributed by atoms with Gasteiger partial charge in [-0.15, -0.1) is 11.3 Å². The van der Waals surface area contributed by atoms with Crippen molar-refractivity contribution in [3.8, 4) is 10.6 Å². The summed E-state index contributed by atoms with van der Waals surface area (Å²) in [6, 6.07) is 3.92. The topological polar surface area (TPSA) is 49.8 Å².